The molecule has 1 N–H and O–H groups in total. The van der Waals surface area contributed by atoms with Gasteiger partial charge in [-0.05, 0) is 51.0 Å². The number of rotatable bonds is 6. The quantitative estimate of drug-likeness (QED) is 0.774. The molecule has 150 valence electrons. The molecular weight excluding hydrogens is 361 g/mol. The molecule has 28 heavy (non-hydrogen) atoms. The Kier molecular flexibility index (Phi) is 5.77. The monoisotopic (exact) mass is 387 g/mol. The molecule has 2 aromatic carbocycles. The van der Waals surface area contributed by atoms with Crippen molar-refractivity contribution in [3.63, 3.8) is 0 Å². The van der Waals surface area contributed by atoms with Crippen LogP contribution in [0.2, 0.25) is 0 Å². The lowest BCUT2D eigenvalue weighted by Crippen LogP contribution is -2.34. The Morgan fingerprint density at radius 2 is 1.96 bits per heavy atom. The number of alkyl carbamates (subject to hydrolysis) is 1. The summed E-state index contributed by atoms with van der Waals surface area (Å²) in [6.07, 6.45) is 0.258. The predicted octanol–water partition coefficient (Wildman–Crippen LogP) is 4.79. The van der Waals surface area contributed by atoms with Crippen LogP contribution in [0, 0.1) is 5.82 Å². The third-order valence-electron chi connectivity index (χ3n) is 4.41. The molecule has 1 saturated carbocycles. The van der Waals surface area contributed by atoms with E-state index >= 15 is 0 Å². The van der Waals surface area contributed by atoms with Crippen LogP contribution >= 0.6 is 0 Å². The zero-order valence-corrected chi connectivity index (χ0v) is 16.6. The van der Waals surface area contributed by atoms with E-state index in [0.29, 0.717) is 0 Å². The van der Waals surface area contributed by atoms with Crippen LogP contribution in [0.25, 0.3) is 0 Å². The number of carbonyl (C=O) groups is 1. The van der Waals surface area contributed by atoms with Crippen molar-refractivity contribution in [2.75, 3.05) is 7.11 Å². The van der Waals surface area contributed by atoms with Crippen molar-refractivity contribution < 1.29 is 23.4 Å². The van der Waals surface area contributed by atoms with Gasteiger partial charge >= 0.3 is 6.09 Å². The lowest BCUT2D eigenvalue weighted by molar-refractivity contribution is 0.0522. The summed E-state index contributed by atoms with van der Waals surface area (Å²) in [6, 6.07) is 12.2. The molecule has 0 bridgehead atoms. The Balaban J connectivity index is 1.67. The second kappa shape index (κ2) is 8.09. The molecule has 0 radical (unpaired) electrons. The first kappa shape index (κ1) is 20.0. The van der Waals surface area contributed by atoms with Gasteiger partial charge in [0.2, 0.25) is 0 Å². The molecule has 0 heterocycles. The third-order valence-corrected chi connectivity index (χ3v) is 4.41. The fourth-order valence-electron chi connectivity index (χ4n) is 3.04. The molecule has 1 aliphatic rings. The number of nitrogens with one attached hydrogen (secondary N) is 1. The number of halogens is 1. The van der Waals surface area contributed by atoms with Crippen molar-refractivity contribution >= 4 is 6.09 Å². The minimum atomic E-state index is -0.557. The fraction of sp³-hybridized carbons (Fsp3) is 0.409. The van der Waals surface area contributed by atoms with E-state index in [9.17, 15) is 9.18 Å². The van der Waals surface area contributed by atoms with E-state index in [1.165, 1.54) is 6.07 Å². The van der Waals surface area contributed by atoms with Gasteiger partial charge in [-0.2, -0.15) is 0 Å². The van der Waals surface area contributed by atoms with Gasteiger partial charge in [-0.15, -0.1) is 0 Å². The molecular formula is C22H26FNO4. The van der Waals surface area contributed by atoms with Gasteiger partial charge in [0.1, 0.15) is 18.0 Å². The van der Waals surface area contributed by atoms with Crippen molar-refractivity contribution in [3.8, 4) is 11.5 Å². The fourth-order valence-corrected chi connectivity index (χ4v) is 3.04. The first-order valence-corrected chi connectivity index (χ1v) is 9.30. The van der Waals surface area contributed by atoms with Crippen LogP contribution in [-0.2, 0) is 11.3 Å². The van der Waals surface area contributed by atoms with Crippen molar-refractivity contribution in [1.82, 2.24) is 5.32 Å². The predicted molar refractivity (Wildman–Crippen MR) is 104 cm³/mol. The van der Waals surface area contributed by atoms with Gasteiger partial charge in [0.05, 0.1) is 7.11 Å². The third kappa shape index (κ3) is 5.15. The number of benzene rings is 2. The number of para-hydroxylation sites is 1. The largest absolute Gasteiger partial charge is 0.497 e. The van der Waals surface area contributed by atoms with Gasteiger partial charge in [-0.3, -0.25) is 0 Å². The van der Waals surface area contributed by atoms with Gasteiger partial charge in [-0.25, -0.2) is 9.18 Å². The average Bonchev–Trinajstić information content (AvgIpc) is 3.37. The summed E-state index contributed by atoms with van der Waals surface area (Å²) in [5.41, 5.74) is 1.08. The highest BCUT2D eigenvalue weighted by Crippen LogP contribution is 2.45. The Bertz CT molecular complexity index is 847. The summed E-state index contributed by atoms with van der Waals surface area (Å²) >= 11 is 0. The van der Waals surface area contributed by atoms with Crippen LogP contribution < -0.4 is 14.8 Å². The molecule has 1 aliphatic carbocycles. The zero-order valence-electron chi connectivity index (χ0n) is 16.6. The number of hydrogen-bond donors (Lipinski definition) is 1. The molecule has 0 unspecified atom stereocenters. The summed E-state index contributed by atoms with van der Waals surface area (Å²) in [5, 5.41) is 2.84. The highest BCUT2D eigenvalue weighted by molar-refractivity contribution is 5.69. The van der Waals surface area contributed by atoms with Gasteiger partial charge in [0, 0.05) is 17.5 Å². The van der Waals surface area contributed by atoms with Crippen LogP contribution in [0.1, 0.15) is 44.2 Å². The SMILES string of the molecule is COc1cccc(COc2c(F)cccc2[C@@H]2C[C@H]2NC(=O)OC(C)(C)C)c1. The Morgan fingerprint density at radius 3 is 2.68 bits per heavy atom. The van der Waals surface area contributed by atoms with Gasteiger partial charge < -0.3 is 19.5 Å². The molecule has 0 aromatic heterocycles. The molecule has 2 aromatic rings. The highest BCUT2D eigenvalue weighted by Gasteiger charge is 2.42. The molecule has 3 rings (SSSR count). The van der Waals surface area contributed by atoms with E-state index in [0.717, 1.165) is 23.3 Å². The second-order valence-electron chi connectivity index (χ2n) is 7.89. The number of carbonyl (C=O) groups excluding carboxylic acids is 1. The number of amides is 1. The molecule has 0 aliphatic heterocycles. The maximum atomic E-state index is 14.4. The number of methoxy groups -OCH3 is 1. The summed E-state index contributed by atoms with van der Waals surface area (Å²) < 4.78 is 30.7. The average molecular weight is 387 g/mol. The van der Waals surface area contributed by atoms with E-state index in [2.05, 4.69) is 5.32 Å². The van der Waals surface area contributed by atoms with Gasteiger partial charge in [0.15, 0.2) is 11.6 Å². The number of ether oxygens (including phenoxy) is 3. The van der Waals surface area contributed by atoms with E-state index in [1.54, 1.807) is 13.2 Å². The van der Waals surface area contributed by atoms with Crippen LogP contribution in [0.15, 0.2) is 42.5 Å². The van der Waals surface area contributed by atoms with Crippen molar-refractivity contribution in [2.24, 2.45) is 0 Å². The molecule has 2 atom stereocenters. The Hall–Kier alpha value is -2.76. The minimum absolute atomic E-state index is 0.00327. The molecule has 0 spiro atoms. The molecule has 6 heteroatoms. The van der Waals surface area contributed by atoms with Gasteiger partial charge in [0.25, 0.3) is 0 Å². The zero-order chi connectivity index (χ0) is 20.3. The molecule has 1 fully saturated rings. The second-order valence-corrected chi connectivity index (χ2v) is 7.89. The van der Waals surface area contributed by atoms with Crippen molar-refractivity contribution in [2.45, 2.75) is 51.4 Å². The van der Waals surface area contributed by atoms with E-state index in [4.69, 9.17) is 14.2 Å². The summed E-state index contributed by atoms with van der Waals surface area (Å²) in [4.78, 5) is 12.0. The Labute approximate surface area is 164 Å². The van der Waals surface area contributed by atoms with Gasteiger partial charge in [-0.1, -0.05) is 24.3 Å². The van der Waals surface area contributed by atoms with E-state index < -0.39 is 17.5 Å². The van der Waals surface area contributed by atoms with Crippen molar-refractivity contribution in [1.29, 1.82) is 0 Å². The smallest absolute Gasteiger partial charge is 0.407 e. The molecule has 5 nitrogen and oxygen atoms in total. The lowest BCUT2D eigenvalue weighted by atomic mass is 10.1. The van der Waals surface area contributed by atoms with E-state index in [1.807, 2.05) is 51.1 Å². The van der Waals surface area contributed by atoms with Crippen molar-refractivity contribution in [3.05, 3.63) is 59.4 Å². The summed E-state index contributed by atoms with van der Waals surface area (Å²) in [6.45, 7) is 5.66. The highest BCUT2D eigenvalue weighted by atomic mass is 19.1. The number of hydrogen-bond acceptors (Lipinski definition) is 4. The summed E-state index contributed by atoms with van der Waals surface area (Å²) in [7, 11) is 1.60. The van der Waals surface area contributed by atoms with Crippen LogP contribution in [0.3, 0.4) is 0 Å². The van der Waals surface area contributed by atoms with E-state index in [-0.39, 0.29) is 24.3 Å². The maximum absolute atomic E-state index is 14.4. The molecule has 0 saturated heterocycles. The minimum Gasteiger partial charge on any atom is -0.497 e. The Morgan fingerprint density at radius 1 is 1.21 bits per heavy atom. The standard InChI is InChI=1S/C22H26FNO4/c1-22(2,3)28-21(25)24-19-12-17(19)16-9-6-10-18(23)20(16)27-13-14-7-5-8-15(11-14)26-4/h5-11,17,19H,12-13H2,1-4H3,(H,24,25)/t17-,19+/m0/s1. The maximum Gasteiger partial charge on any atom is 0.407 e. The first-order valence-electron chi connectivity index (χ1n) is 9.30. The first-order chi connectivity index (χ1) is 13.3. The van der Waals surface area contributed by atoms with Crippen LogP contribution in [0.5, 0.6) is 11.5 Å². The molecule has 1 amide bonds. The van der Waals surface area contributed by atoms with Crippen LogP contribution in [0.4, 0.5) is 9.18 Å². The summed E-state index contributed by atoms with van der Waals surface area (Å²) in [5.74, 6) is 0.536. The lowest BCUT2D eigenvalue weighted by Gasteiger charge is -2.20. The van der Waals surface area contributed by atoms with Crippen LogP contribution in [-0.4, -0.2) is 24.8 Å². The topological polar surface area (TPSA) is 56.8 Å². The normalized spacial score (nSPS) is 18.3.